The van der Waals surface area contributed by atoms with Gasteiger partial charge in [0.05, 0.1) is 4.47 Å². The number of phenols is 1. The Morgan fingerprint density at radius 3 is 2.88 bits per heavy atom. The van der Waals surface area contributed by atoms with E-state index in [1.165, 1.54) is 6.07 Å². The molecular weight excluding hydrogens is 350 g/mol. The Balaban J connectivity index is 2.15. The fourth-order valence-corrected chi connectivity index (χ4v) is 2.86. The van der Waals surface area contributed by atoms with Crippen molar-refractivity contribution in [2.24, 2.45) is 0 Å². The number of carbonyl (C=O) groups is 1. The summed E-state index contributed by atoms with van der Waals surface area (Å²) in [6, 6.07) is 4.92. The van der Waals surface area contributed by atoms with Crippen molar-refractivity contribution in [3.63, 3.8) is 0 Å². The van der Waals surface area contributed by atoms with Crippen molar-refractivity contribution >= 4 is 37.8 Å². The van der Waals surface area contributed by atoms with Gasteiger partial charge < -0.3 is 10.0 Å². The maximum Gasteiger partial charge on any atom is 0.254 e. The van der Waals surface area contributed by atoms with E-state index in [0.717, 1.165) is 25.9 Å². The first kappa shape index (κ1) is 12.9. The number of likely N-dealkylation sites (tertiary alicyclic amines) is 1. The van der Waals surface area contributed by atoms with E-state index in [4.69, 9.17) is 0 Å². The number of phenolic OH excluding ortho intramolecular Hbond substituents is 1. The molecule has 1 heterocycles. The topological polar surface area (TPSA) is 40.5 Å². The van der Waals surface area contributed by atoms with Gasteiger partial charge in [0.2, 0.25) is 0 Å². The fourth-order valence-electron chi connectivity index (χ4n) is 1.94. The minimum absolute atomic E-state index is 0.0167. The number of aromatic hydroxyl groups is 1. The lowest BCUT2D eigenvalue weighted by molar-refractivity contribution is 0.0729. The van der Waals surface area contributed by atoms with Crippen molar-refractivity contribution in [1.29, 1.82) is 0 Å². The number of nitrogens with zero attached hydrogens (tertiary/aromatic N) is 1. The monoisotopic (exact) mass is 361 g/mol. The van der Waals surface area contributed by atoms with Crippen LogP contribution in [0.1, 0.15) is 23.2 Å². The van der Waals surface area contributed by atoms with Gasteiger partial charge in [0, 0.05) is 23.5 Å². The van der Waals surface area contributed by atoms with Crippen LogP contribution in [0.25, 0.3) is 0 Å². The van der Waals surface area contributed by atoms with E-state index in [0.29, 0.717) is 14.9 Å². The Morgan fingerprint density at radius 1 is 1.47 bits per heavy atom. The number of hydrogen-bond donors (Lipinski definition) is 1. The molecule has 92 valence electrons. The molecule has 1 saturated heterocycles. The molecule has 0 bridgehead atoms. The standard InChI is InChI=1S/C12H13Br2NO2/c13-9-2-1-5-15(7-9)12(17)8-3-4-10(14)11(16)6-8/h3-4,6,9,16H,1-2,5,7H2. The maximum atomic E-state index is 12.2. The van der Waals surface area contributed by atoms with Gasteiger partial charge in [-0.1, -0.05) is 15.9 Å². The van der Waals surface area contributed by atoms with Gasteiger partial charge in [-0.05, 0) is 47.0 Å². The third kappa shape index (κ3) is 3.01. The second-order valence-electron chi connectivity index (χ2n) is 4.16. The van der Waals surface area contributed by atoms with Gasteiger partial charge in [-0.15, -0.1) is 0 Å². The third-order valence-corrected chi connectivity index (χ3v) is 4.26. The first-order valence-corrected chi connectivity index (χ1v) is 7.20. The summed E-state index contributed by atoms with van der Waals surface area (Å²) >= 11 is 6.75. The lowest BCUT2D eigenvalue weighted by Gasteiger charge is -2.30. The molecule has 1 aliphatic heterocycles. The van der Waals surface area contributed by atoms with Crippen LogP contribution in [-0.2, 0) is 0 Å². The van der Waals surface area contributed by atoms with E-state index >= 15 is 0 Å². The van der Waals surface area contributed by atoms with Gasteiger partial charge in [-0.2, -0.15) is 0 Å². The predicted molar refractivity (Wildman–Crippen MR) is 73.7 cm³/mol. The van der Waals surface area contributed by atoms with Crippen LogP contribution < -0.4 is 0 Å². The largest absolute Gasteiger partial charge is 0.507 e. The average Bonchev–Trinajstić information content (AvgIpc) is 2.32. The van der Waals surface area contributed by atoms with Crippen LogP contribution in [0.15, 0.2) is 22.7 Å². The summed E-state index contributed by atoms with van der Waals surface area (Å²) in [5.74, 6) is 0.0835. The molecule has 1 fully saturated rings. The first-order chi connectivity index (χ1) is 8.08. The maximum absolute atomic E-state index is 12.2. The van der Waals surface area contributed by atoms with E-state index in [1.807, 2.05) is 4.90 Å². The lowest BCUT2D eigenvalue weighted by Crippen LogP contribution is -2.40. The van der Waals surface area contributed by atoms with E-state index in [1.54, 1.807) is 12.1 Å². The Labute approximate surface area is 117 Å². The molecule has 1 aromatic rings. The minimum atomic E-state index is -0.0167. The quantitative estimate of drug-likeness (QED) is 0.779. The second kappa shape index (κ2) is 5.40. The molecule has 0 aromatic heterocycles. The van der Waals surface area contributed by atoms with Crippen LogP contribution >= 0.6 is 31.9 Å². The van der Waals surface area contributed by atoms with E-state index in [9.17, 15) is 9.90 Å². The van der Waals surface area contributed by atoms with Gasteiger partial charge in [0.25, 0.3) is 5.91 Å². The normalized spacial score (nSPS) is 20.4. The van der Waals surface area contributed by atoms with E-state index in [-0.39, 0.29) is 11.7 Å². The van der Waals surface area contributed by atoms with Gasteiger partial charge in [-0.3, -0.25) is 4.79 Å². The molecule has 0 spiro atoms. The summed E-state index contributed by atoms with van der Waals surface area (Å²) < 4.78 is 0.603. The number of piperidine rings is 1. The average molecular weight is 363 g/mol. The second-order valence-corrected chi connectivity index (χ2v) is 6.31. The number of alkyl halides is 1. The molecule has 17 heavy (non-hydrogen) atoms. The van der Waals surface area contributed by atoms with Crippen molar-refractivity contribution in [3.05, 3.63) is 28.2 Å². The molecule has 1 unspecified atom stereocenters. The zero-order valence-electron chi connectivity index (χ0n) is 9.20. The highest BCUT2D eigenvalue weighted by Crippen LogP contribution is 2.26. The molecule has 0 radical (unpaired) electrons. The predicted octanol–water partition coefficient (Wildman–Crippen LogP) is 3.15. The van der Waals surface area contributed by atoms with Crippen molar-refractivity contribution in [2.45, 2.75) is 17.7 Å². The molecule has 0 saturated carbocycles. The smallest absolute Gasteiger partial charge is 0.254 e. The van der Waals surface area contributed by atoms with Crippen LogP contribution in [0.5, 0.6) is 5.75 Å². The Morgan fingerprint density at radius 2 is 2.24 bits per heavy atom. The number of hydrogen-bond acceptors (Lipinski definition) is 2. The molecule has 1 atom stereocenters. The molecule has 2 rings (SSSR count). The Kier molecular flexibility index (Phi) is 4.09. The molecule has 1 aromatic carbocycles. The zero-order valence-corrected chi connectivity index (χ0v) is 12.4. The highest BCUT2D eigenvalue weighted by Gasteiger charge is 2.23. The lowest BCUT2D eigenvalue weighted by atomic mass is 10.1. The van der Waals surface area contributed by atoms with Crippen LogP contribution in [0.4, 0.5) is 0 Å². The van der Waals surface area contributed by atoms with E-state index < -0.39 is 0 Å². The molecule has 1 amide bonds. The van der Waals surface area contributed by atoms with Crippen LogP contribution in [0, 0.1) is 0 Å². The van der Waals surface area contributed by atoms with Gasteiger partial charge in [0.1, 0.15) is 5.75 Å². The molecule has 1 N–H and O–H groups in total. The van der Waals surface area contributed by atoms with Crippen LogP contribution in [0.2, 0.25) is 0 Å². The number of benzene rings is 1. The Bertz CT molecular complexity index is 437. The van der Waals surface area contributed by atoms with Gasteiger partial charge in [0.15, 0.2) is 0 Å². The minimum Gasteiger partial charge on any atom is -0.507 e. The van der Waals surface area contributed by atoms with Gasteiger partial charge in [-0.25, -0.2) is 0 Å². The van der Waals surface area contributed by atoms with Crippen molar-refractivity contribution in [2.75, 3.05) is 13.1 Å². The third-order valence-electron chi connectivity index (χ3n) is 2.84. The SMILES string of the molecule is O=C(c1ccc(Br)c(O)c1)N1CCCC(Br)C1. The summed E-state index contributed by atoms with van der Waals surface area (Å²) in [5.41, 5.74) is 0.535. The fraction of sp³-hybridized carbons (Fsp3) is 0.417. The molecular formula is C12H13Br2NO2. The van der Waals surface area contributed by atoms with E-state index in [2.05, 4.69) is 31.9 Å². The molecule has 3 nitrogen and oxygen atoms in total. The summed E-state index contributed by atoms with van der Waals surface area (Å²) in [6.07, 6.45) is 2.12. The molecule has 0 aliphatic carbocycles. The van der Waals surface area contributed by atoms with Crippen LogP contribution in [0.3, 0.4) is 0 Å². The molecule has 5 heteroatoms. The first-order valence-electron chi connectivity index (χ1n) is 5.50. The number of carbonyl (C=O) groups excluding carboxylic acids is 1. The summed E-state index contributed by atoms with van der Waals surface area (Å²) in [5, 5.41) is 9.57. The van der Waals surface area contributed by atoms with Crippen molar-refractivity contribution < 1.29 is 9.90 Å². The highest BCUT2D eigenvalue weighted by atomic mass is 79.9. The number of halogens is 2. The summed E-state index contributed by atoms with van der Waals surface area (Å²) in [4.78, 5) is 14.4. The zero-order chi connectivity index (χ0) is 12.4. The number of rotatable bonds is 1. The number of amides is 1. The highest BCUT2D eigenvalue weighted by molar-refractivity contribution is 9.10. The Hall–Kier alpha value is -0.550. The van der Waals surface area contributed by atoms with Crippen molar-refractivity contribution in [3.8, 4) is 5.75 Å². The summed E-state index contributed by atoms with van der Waals surface area (Å²) in [6.45, 7) is 1.52. The van der Waals surface area contributed by atoms with Crippen molar-refractivity contribution in [1.82, 2.24) is 4.90 Å². The van der Waals surface area contributed by atoms with Gasteiger partial charge >= 0.3 is 0 Å². The van der Waals surface area contributed by atoms with Crippen LogP contribution in [-0.4, -0.2) is 33.8 Å². The molecule has 1 aliphatic rings. The summed E-state index contributed by atoms with van der Waals surface area (Å²) in [7, 11) is 0.